The number of hydrogen-bond donors (Lipinski definition) is 1. The number of rotatable bonds is 4. The van der Waals surface area contributed by atoms with E-state index in [9.17, 15) is 14.9 Å². The summed E-state index contributed by atoms with van der Waals surface area (Å²) in [6.07, 6.45) is 0. The fraction of sp³-hybridized carbons (Fsp3) is 0.176. The quantitative estimate of drug-likeness (QED) is 0.560. The van der Waals surface area contributed by atoms with Crippen molar-refractivity contribution in [1.29, 1.82) is 0 Å². The van der Waals surface area contributed by atoms with Crippen molar-refractivity contribution < 1.29 is 9.72 Å². The number of thiazole rings is 1. The zero-order chi connectivity index (χ0) is 17.3. The molecule has 1 amide bonds. The lowest BCUT2D eigenvalue weighted by Crippen LogP contribution is -2.18. The van der Waals surface area contributed by atoms with E-state index in [0.29, 0.717) is 16.3 Å². The molecule has 0 aliphatic rings. The molecule has 0 fully saturated rings. The summed E-state index contributed by atoms with van der Waals surface area (Å²) < 4.78 is 1.02. The molecular weight excluding hydrogens is 326 g/mol. The Morgan fingerprint density at radius 3 is 2.67 bits per heavy atom. The summed E-state index contributed by atoms with van der Waals surface area (Å²) in [5.41, 5.74) is 1.87. The van der Waals surface area contributed by atoms with Crippen LogP contribution in [-0.4, -0.2) is 15.8 Å². The minimum absolute atomic E-state index is 0.0704. The fourth-order valence-corrected chi connectivity index (χ4v) is 3.21. The van der Waals surface area contributed by atoms with Crippen molar-refractivity contribution in [3.8, 4) is 10.6 Å². The van der Waals surface area contributed by atoms with E-state index in [-0.39, 0.29) is 17.5 Å². The first-order valence-corrected chi connectivity index (χ1v) is 8.22. The standard InChI is InChI=1S/C17H15N3O3S/c1-10(2)16(21)18-14-9-11(20(22)23)7-8-12(14)17-19-13-5-3-4-6-15(13)24-17/h3-10H,1-2H3,(H,18,21). The Hall–Kier alpha value is -2.80. The monoisotopic (exact) mass is 341 g/mol. The van der Waals surface area contributed by atoms with Gasteiger partial charge in [-0.25, -0.2) is 4.98 Å². The minimum Gasteiger partial charge on any atom is -0.325 e. The molecule has 2 aromatic carbocycles. The number of amides is 1. The number of anilines is 1. The molecular formula is C17H15N3O3S. The first-order chi connectivity index (χ1) is 11.5. The lowest BCUT2D eigenvalue weighted by molar-refractivity contribution is -0.384. The molecule has 122 valence electrons. The summed E-state index contributed by atoms with van der Waals surface area (Å²) in [5, 5.41) is 14.5. The molecule has 1 N–H and O–H groups in total. The number of non-ortho nitro benzene ring substituents is 1. The molecule has 0 radical (unpaired) electrons. The van der Waals surface area contributed by atoms with Gasteiger partial charge in [0, 0.05) is 23.6 Å². The SMILES string of the molecule is CC(C)C(=O)Nc1cc([N+](=O)[O-])ccc1-c1nc2ccccc2s1. The van der Waals surface area contributed by atoms with Gasteiger partial charge >= 0.3 is 0 Å². The number of nitrogens with zero attached hydrogens (tertiary/aromatic N) is 2. The van der Waals surface area contributed by atoms with Crippen LogP contribution in [0.2, 0.25) is 0 Å². The Morgan fingerprint density at radius 2 is 2.00 bits per heavy atom. The number of fused-ring (bicyclic) bond motifs is 1. The van der Waals surface area contributed by atoms with Crippen LogP contribution in [0.5, 0.6) is 0 Å². The predicted octanol–water partition coefficient (Wildman–Crippen LogP) is 4.47. The van der Waals surface area contributed by atoms with Crippen LogP contribution in [0.15, 0.2) is 42.5 Å². The van der Waals surface area contributed by atoms with E-state index >= 15 is 0 Å². The van der Waals surface area contributed by atoms with E-state index in [1.54, 1.807) is 19.9 Å². The van der Waals surface area contributed by atoms with Crippen molar-refractivity contribution in [2.24, 2.45) is 5.92 Å². The van der Waals surface area contributed by atoms with Gasteiger partial charge in [-0.1, -0.05) is 26.0 Å². The highest BCUT2D eigenvalue weighted by molar-refractivity contribution is 7.21. The molecule has 6 nitrogen and oxygen atoms in total. The average molecular weight is 341 g/mol. The molecule has 1 aromatic heterocycles. The Labute approximate surface area is 142 Å². The van der Waals surface area contributed by atoms with Crippen LogP contribution in [0, 0.1) is 16.0 Å². The predicted molar refractivity (Wildman–Crippen MR) is 95.2 cm³/mol. The molecule has 1 heterocycles. The molecule has 0 aliphatic carbocycles. The first kappa shape index (κ1) is 16.1. The second-order valence-electron chi connectivity index (χ2n) is 5.62. The van der Waals surface area contributed by atoms with E-state index in [4.69, 9.17) is 0 Å². The molecule has 0 saturated heterocycles. The van der Waals surface area contributed by atoms with E-state index < -0.39 is 4.92 Å². The second kappa shape index (κ2) is 6.37. The number of para-hydroxylation sites is 1. The third-order valence-electron chi connectivity index (χ3n) is 3.52. The summed E-state index contributed by atoms with van der Waals surface area (Å²) in [5.74, 6) is -0.426. The minimum atomic E-state index is -0.479. The number of nitro groups is 1. The van der Waals surface area contributed by atoms with Crippen molar-refractivity contribution in [3.05, 3.63) is 52.6 Å². The molecule has 0 unspecified atom stereocenters. The first-order valence-electron chi connectivity index (χ1n) is 7.41. The lowest BCUT2D eigenvalue weighted by Gasteiger charge is -2.11. The summed E-state index contributed by atoms with van der Waals surface area (Å²) in [6.45, 7) is 3.54. The number of benzene rings is 2. The molecule has 0 spiro atoms. The number of aromatic nitrogens is 1. The van der Waals surface area contributed by atoms with Gasteiger partial charge in [-0.2, -0.15) is 0 Å². The third kappa shape index (κ3) is 3.11. The second-order valence-corrected chi connectivity index (χ2v) is 6.65. The maximum Gasteiger partial charge on any atom is 0.271 e. The van der Waals surface area contributed by atoms with Crippen molar-refractivity contribution >= 4 is 38.8 Å². The Balaban J connectivity index is 2.11. The van der Waals surface area contributed by atoms with Gasteiger partial charge in [0.25, 0.3) is 5.69 Å². The van der Waals surface area contributed by atoms with Crippen LogP contribution in [0.4, 0.5) is 11.4 Å². The Bertz CT molecular complexity index is 901. The topological polar surface area (TPSA) is 85.1 Å². The molecule has 0 atom stereocenters. The largest absolute Gasteiger partial charge is 0.325 e. The molecule has 24 heavy (non-hydrogen) atoms. The lowest BCUT2D eigenvalue weighted by atomic mass is 10.1. The van der Waals surface area contributed by atoms with Crippen LogP contribution >= 0.6 is 11.3 Å². The third-order valence-corrected chi connectivity index (χ3v) is 4.59. The van der Waals surface area contributed by atoms with Gasteiger partial charge < -0.3 is 5.32 Å². The van der Waals surface area contributed by atoms with Crippen molar-refractivity contribution in [1.82, 2.24) is 4.98 Å². The van der Waals surface area contributed by atoms with Crippen LogP contribution in [0.25, 0.3) is 20.8 Å². The van der Waals surface area contributed by atoms with E-state index in [0.717, 1.165) is 10.2 Å². The number of hydrogen-bond acceptors (Lipinski definition) is 5. The Kier molecular flexibility index (Phi) is 4.26. The average Bonchev–Trinajstić information content (AvgIpc) is 2.98. The normalized spacial score (nSPS) is 11.0. The molecule has 7 heteroatoms. The summed E-state index contributed by atoms with van der Waals surface area (Å²) in [7, 11) is 0. The summed E-state index contributed by atoms with van der Waals surface area (Å²) in [4.78, 5) is 27.2. The van der Waals surface area contributed by atoms with E-state index in [2.05, 4.69) is 10.3 Å². The number of carbonyl (C=O) groups is 1. The highest BCUT2D eigenvalue weighted by Gasteiger charge is 2.18. The van der Waals surface area contributed by atoms with Gasteiger partial charge in [0.15, 0.2) is 0 Å². The molecule has 0 saturated carbocycles. The smallest absolute Gasteiger partial charge is 0.271 e. The number of nitro benzene ring substituents is 1. The van der Waals surface area contributed by atoms with Gasteiger partial charge in [0.1, 0.15) is 5.01 Å². The zero-order valence-electron chi connectivity index (χ0n) is 13.1. The maximum absolute atomic E-state index is 12.1. The van der Waals surface area contributed by atoms with Crippen LogP contribution in [0.3, 0.4) is 0 Å². The summed E-state index contributed by atoms with van der Waals surface area (Å²) in [6, 6.07) is 12.1. The molecule has 3 aromatic rings. The summed E-state index contributed by atoms with van der Waals surface area (Å²) >= 11 is 1.48. The fourth-order valence-electron chi connectivity index (χ4n) is 2.20. The maximum atomic E-state index is 12.1. The molecule has 0 bridgehead atoms. The number of nitrogens with one attached hydrogen (secondary N) is 1. The van der Waals surface area contributed by atoms with Gasteiger partial charge in [-0.3, -0.25) is 14.9 Å². The van der Waals surface area contributed by atoms with Gasteiger partial charge in [-0.15, -0.1) is 11.3 Å². The zero-order valence-corrected chi connectivity index (χ0v) is 14.0. The van der Waals surface area contributed by atoms with Crippen LogP contribution < -0.4 is 5.32 Å². The van der Waals surface area contributed by atoms with Gasteiger partial charge in [0.2, 0.25) is 5.91 Å². The molecule has 0 aliphatic heterocycles. The highest BCUT2D eigenvalue weighted by Crippen LogP contribution is 2.36. The van der Waals surface area contributed by atoms with Crippen LogP contribution in [-0.2, 0) is 4.79 Å². The van der Waals surface area contributed by atoms with Crippen molar-refractivity contribution in [2.75, 3.05) is 5.32 Å². The number of carbonyl (C=O) groups excluding carboxylic acids is 1. The van der Waals surface area contributed by atoms with Crippen molar-refractivity contribution in [3.63, 3.8) is 0 Å². The van der Waals surface area contributed by atoms with Crippen molar-refractivity contribution in [2.45, 2.75) is 13.8 Å². The highest BCUT2D eigenvalue weighted by atomic mass is 32.1. The molecule has 3 rings (SSSR count). The van der Waals surface area contributed by atoms with E-state index in [1.165, 1.54) is 23.5 Å². The van der Waals surface area contributed by atoms with Gasteiger partial charge in [0.05, 0.1) is 20.8 Å². The Morgan fingerprint density at radius 1 is 1.25 bits per heavy atom. The van der Waals surface area contributed by atoms with E-state index in [1.807, 2.05) is 24.3 Å². The van der Waals surface area contributed by atoms with Crippen LogP contribution in [0.1, 0.15) is 13.8 Å². The van der Waals surface area contributed by atoms with Gasteiger partial charge in [-0.05, 0) is 18.2 Å².